The van der Waals surface area contributed by atoms with Crippen molar-refractivity contribution in [2.24, 2.45) is 35.5 Å². The van der Waals surface area contributed by atoms with Gasteiger partial charge in [-0.25, -0.2) is 0 Å². The van der Waals surface area contributed by atoms with Crippen LogP contribution in [-0.2, 0) is 19.1 Å². The lowest BCUT2D eigenvalue weighted by molar-refractivity contribution is -0.166. The second-order valence-electron chi connectivity index (χ2n) is 9.79. The Kier molecular flexibility index (Phi) is 7.42. The number of esters is 2. The van der Waals surface area contributed by atoms with Crippen LogP contribution in [-0.4, -0.2) is 35.4 Å². The number of fused-ring (bicyclic) bond motifs is 1. The number of aliphatic hydroxyl groups excluding tert-OH is 1. The fraction of sp³-hybridized carbons (Fsp3) is 0.833. The van der Waals surface area contributed by atoms with Crippen molar-refractivity contribution < 1.29 is 24.2 Å². The molecule has 5 nitrogen and oxygen atoms in total. The molecule has 1 N–H and O–H groups in total. The van der Waals surface area contributed by atoms with E-state index < -0.39 is 6.10 Å². The third-order valence-corrected chi connectivity index (χ3v) is 7.40. The highest BCUT2D eigenvalue weighted by Gasteiger charge is 2.45. The molecule has 2 unspecified atom stereocenters. The molecule has 3 aliphatic rings. The van der Waals surface area contributed by atoms with Gasteiger partial charge in [-0.2, -0.15) is 0 Å². The van der Waals surface area contributed by atoms with Crippen LogP contribution in [0.5, 0.6) is 0 Å². The summed E-state index contributed by atoms with van der Waals surface area (Å²) >= 11 is 0. The van der Waals surface area contributed by atoms with Gasteiger partial charge in [0.1, 0.15) is 12.2 Å². The molecule has 0 amide bonds. The van der Waals surface area contributed by atoms with Crippen LogP contribution in [0, 0.1) is 35.5 Å². The van der Waals surface area contributed by atoms with E-state index in [1.807, 2.05) is 13.8 Å². The molecule has 2 fully saturated rings. The van der Waals surface area contributed by atoms with Crippen LogP contribution >= 0.6 is 0 Å². The van der Waals surface area contributed by atoms with Crippen molar-refractivity contribution in [3.05, 3.63) is 12.2 Å². The Balaban J connectivity index is 1.71. The largest absolute Gasteiger partial charge is 0.462 e. The van der Waals surface area contributed by atoms with Crippen LogP contribution in [0.25, 0.3) is 0 Å². The molecule has 0 radical (unpaired) electrons. The molecule has 2 aliphatic carbocycles. The van der Waals surface area contributed by atoms with Crippen molar-refractivity contribution in [3.63, 3.8) is 0 Å². The summed E-state index contributed by atoms with van der Waals surface area (Å²) in [6, 6.07) is 0. The van der Waals surface area contributed by atoms with Gasteiger partial charge in [-0.1, -0.05) is 39.8 Å². The maximum Gasteiger partial charge on any atom is 0.308 e. The molecule has 29 heavy (non-hydrogen) atoms. The molecule has 0 bridgehead atoms. The van der Waals surface area contributed by atoms with Crippen LogP contribution < -0.4 is 0 Å². The Morgan fingerprint density at radius 3 is 2.69 bits per heavy atom. The number of carbonyl (C=O) groups is 2. The van der Waals surface area contributed by atoms with Crippen LogP contribution in [0.15, 0.2) is 12.2 Å². The second kappa shape index (κ2) is 9.63. The van der Waals surface area contributed by atoms with Gasteiger partial charge in [-0.3, -0.25) is 9.59 Å². The van der Waals surface area contributed by atoms with E-state index in [0.29, 0.717) is 36.0 Å². The van der Waals surface area contributed by atoms with Gasteiger partial charge in [-0.15, -0.1) is 0 Å². The van der Waals surface area contributed by atoms with Gasteiger partial charge in [0.15, 0.2) is 0 Å². The van der Waals surface area contributed by atoms with Gasteiger partial charge in [0.05, 0.1) is 18.4 Å². The first-order valence-electron chi connectivity index (χ1n) is 11.5. The van der Waals surface area contributed by atoms with Crippen molar-refractivity contribution in [3.8, 4) is 0 Å². The number of ether oxygens (including phenoxy) is 2. The Morgan fingerprint density at radius 2 is 2.00 bits per heavy atom. The summed E-state index contributed by atoms with van der Waals surface area (Å²) in [6.07, 6.45) is 9.01. The number of hydrogen-bond acceptors (Lipinski definition) is 5. The average Bonchev–Trinajstić information content (AvgIpc) is 2.65. The molecule has 1 aliphatic heterocycles. The van der Waals surface area contributed by atoms with Crippen LogP contribution in [0.2, 0.25) is 0 Å². The predicted molar refractivity (Wildman–Crippen MR) is 111 cm³/mol. The third-order valence-electron chi connectivity index (χ3n) is 7.40. The topological polar surface area (TPSA) is 72.8 Å². The first-order chi connectivity index (χ1) is 13.8. The Morgan fingerprint density at radius 1 is 1.24 bits per heavy atom. The van der Waals surface area contributed by atoms with E-state index in [1.54, 1.807) is 0 Å². The fourth-order valence-electron chi connectivity index (χ4n) is 5.59. The van der Waals surface area contributed by atoms with Gasteiger partial charge < -0.3 is 14.6 Å². The highest BCUT2D eigenvalue weighted by Crippen LogP contribution is 2.48. The molecule has 0 aromatic heterocycles. The lowest BCUT2D eigenvalue weighted by atomic mass is 9.60. The quantitative estimate of drug-likeness (QED) is 0.527. The number of allylic oxidation sites excluding steroid dienone is 2. The molecule has 0 spiro atoms. The maximum atomic E-state index is 12.6. The van der Waals surface area contributed by atoms with Crippen molar-refractivity contribution in [2.45, 2.75) is 91.0 Å². The third kappa shape index (κ3) is 5.42. The minimum Gasteiger partial charge on any atom is -0.462 e. The van der Waals surface area contributed by atoms with Crippen LogP contribution in [0.1, 0.15) is 72.6 Å². The van der Waals surface area contributed by atoms with Crippen molar-refractivity contribution in [1.29, 1.82) is 0 Å². The molecule has 1 saturated heterocycles. The number of hydrogen-bond donors (Lipinski definition) is 1. The first-order valence-corrected chi connectivity index (χ1v) is 11.5. The number of aliphatic hydroxyl groups is 1. The van der Waals surface area contributed by atoms with Crippen LogP contribution in [0.3, 0.4) is 0 Å². The van der Waals surface area contributed by atoms with E-state index in [-0.39, 0.29) is 36.5 Å². The zero-order valence-corrected chi connectivity index (χ0v) is 18.4. The lowest BCUT2D eigenvalue weighted by Gasteiger charge is -2.47. The average molecular weight is 407 g/mol. The molecule has 0 aromatic rings. The Bertz CT molecular complexity index is 614. The summed E-state index contributed by atoms with van der Waals surface area (Å²) in [6.45, 7) is 8.46. The summed E-state index contributed by atoms with van der Waals surface area (Å²) in [5.74, 6) is 1.66. The number of cyclic esters (lactones) is 1. The van der Waals surface area contributed by atoms with Crippen molar-refractivity contribution >= 4 is 11.9 Å². The molecule has 3 rings (SSSR count). The van der Waals surface area contributed by atoms with Gasteiger partial charge in [0, 0.05) is 12.3 Å². The molecule has 0 aromatic carbocycles. The lowest BCUT2D eigenvalue weighted by Crippen LogP contribution is -2.46. The Hall–Kier alpha value is -1.36. The molecule has 9 atom stereocenters. The SMILES string of the molecule is CC[C@H](C)C(=O)O[C@H]1C[C@H](C)CC2C=C[C@H](C)[C@H](CC[C@@H]3CC(O)CC(=O)O3)[C@@H]21. The summed E-state index contributed by atoms with van der Waals surface area (Å²) in [5.41, 5.74) is 0. The highest BCUT2D eigenvalue weighted by atomic mass is 16.5. The minimum atomic E-state index is -0.586. The van der Waals surface area contributed by atoms with Crippen LogP contribution in [0.4, 0.5) is 0 Å². The monoisotopic (exact) mass is 406 g/mol. The number of carbonyl (C=O) groups excluding carboxylic acids is 2. The van der Waals surface area contributed by atoms with Gasteiger partial charge >= 0.3 is 11.9 Å². The van der Waals surface area contributed by atoms with E-state index in [2.05, 4.69) is 26.0 Å². The summed E-state index contributed by atoms with van der Waals surface area (Å²) in [5, 5.41) is 9.90. The molecule has 1 saturated carbocycles. The molecule has 164 valence electrons. The Labute approximate surface area is 175 Å². The van der Waals surface area contributed by atoms with E-state index in [4.69, 9.17) is 9.47 Å². The number of rotatable bonds is 6. The molecule has 5 heteroatoms. The normalized spacial score (nSPS) is 40.7. The predicted octanol–water partition coefficient (Wildman–Crippen LogP) is 4.28. The molecular weight excluding hydrogens is 368 g/mol. The van der Waals surface area contributed by atoms with E-state index >= 15 is 0 Å². The zero-order valence-electron chi connectivity index (χ0n) is 18.4. The minimum absolute atomic E-state index is 0.0397. The van der Waals surface area contributed by atoms with E-state index in [0.717, 1.165) is 32.1 Å². The summed E-state index contributed by atoms with van der Waals surface area (Å²) < 4.78 is 11.6. The summed E-state index contributed by atoms with van der Waals surface area (Å²) in [4.78, 5) is 24.2. The van der Waals surface area contributed by atoms with E-state index in [1.165, 1.54) is 0 Å². The standard InChI is InChI=1S/C24H38O5/c1-5-15(3)24(27)29-21-11-14(2)10-17-7-6-16(4)20(23(17)21)9-8-19-12-18(25)13-22(26)28-19/h6-7,14-21,23,25H,5,8-13H2,1-4H3/t14-,15+,16+,17?,18?,19-,20+,21+,23-/m1/s1. The fourth-order valence-corrected chi connectivity index (χ4v) is 5.59. The van der Waals surface area contributed by atoms with Crippen molar-refractivity contribution in [2.75, 3.05) is 0 Å². The molecule has 1 heterocycles. The van der Waals surface area contributed by atoms with E-state index in [9.17, 15) is 14.7 Å². The highest BCUT2D eigenvalue weighted by molar-refractivity contribution is 5.72. The van der Waals surface area contributed by atoms with Gasteiger partial charge in [0.2, 0.25) is 0 Å². The molecular formula is C24H38O5. The zero-order chi connectivity index (χ0) is 21.1. The van der Waals surface area contributed by atoms with Crippen molar-refractivity contribution in [1.82, 2.24) is 0 Å². The van der Waals surface area contributed by atoms with Gasteiger partial charge in [0.25, 0.3) is 0 Å². The maximum absolute atomic E-state index is 12.6. The second-order valence-corrected chi connectivity index (χ2v) is 9.79. The first kappa shape index (κ1) is 22.3. The summed E-state index contributed by atoms with van der Waals surface area (Å²) in [7, 11) is 0. The smallest absolute Gasteiger partial charge is 0.308 e. The van der Waals surface area contributed by atoms with Gasteiger partial charge in [-0.05, 0) is 55.8 Å².